The molecule has 3 nitrogen and oxygen atoms in total. The summed E-state index contributed by atoms with van der Waals surface area (Å²) in [6.45, 7) is 6.08. The van der Waals surface area contributed by atoms with Gasteiger partial charge in [-0.3, -0.25) is 4.79 Å². The molecule has 108 valence electrons. The van der Waals surface area contributed by atoms with Crippen LogP contribution in [0.3, 0.4) is 0 Å². The molecule has 0 rings (SSSR count). The van der Waals surface area contributed by atoms with Gasteiger partial charge in [0.2, 0.25) is 5.91 Å². The summed E-state index contributed by atoms with van der Waals surface area (Å²) in [5.41, 5.74) is -0.801. The predicted octanol–water partition coefficient (Wildman–Crippen LogP) is 3.36. The SMILES string of the molecule is CCCCCCCCCC(=O)N(C)CC(C)(C)O. The number of rotatable bonds is 10. The summed E-state index contributed by atoms with van der Waals surface area (Å²) in [5.74, 6) is 0.144. The highest BCUT2D eigenvalue weighted by Crippen LogP contribution is 2.10. The molecule has 0 heterocycles. The third-order valence-corrected chi connectivity index (χ3v) is 3.04. The minimum atomic E-state index is -0.801. The van der Waals surface area contributed by atoms with Crippen molar-refractivity contribution >= 4 is 5.91 Å². The maximum Gasteiger partial charge on any atom is 0.222 e. The zero-order valence-corrected chi connectivity index (χ0v) is 12.7. The second kappa shape index (κ2) is 9.37. The summed E-state index contributed by atoms with van der Waals surface area (Å²) in [6.07, 6.45) is 9.19. The molecule has 0 radical (unpaired) electrons. The fourth-order valence-corrected chi connectivity index (χ4v) is 2.09. The van der Waals surface area contributed by atoms with Crippen molar-refractivity contribution in [2.24, 2.45) is 0 Å². The van der Waals surface area contributed by atoms with E-state index in [9.17, 15) is 9.90 Å². The van der Waals surface area contributed by atoms with Crippen molar-refractivity contribution < 1.29 is 9.90 Å². The normalized spacial score (nSPS) is 11.6. The van der Waals surface area contributed by atoms with Gasteiger partial charge in [0.1, 0.15) is 0 Å². The van der Waals surface area contributed by atoms with Crippen LogP contribution in [0.15, 0.2) is 0 Å². The van der Waals surface area contributed by atoms with Gasteiger partial charge in [0.15, 0.2) is 0 Å². The van der Waals surface area contributed by atoms with E-state index >= 15 is 0 Å². The Bertz CT molecular complexity index is 221. The molecule has 0 atom stereocenters. The molecular formula is C15H31NO2. The van der Waals surface area contributed by atoms with Crippen LogP contribution in [0.1, 0.15) is 72.1 Å². The lowest BCUT2D eigenvalue weighted by molar-refractivity contribution is -0.132. The Labute approximate surface area is 113 Å². The van der Waals surface area contributed by atoms with Gasteiger partial charge >= 0.3 is 0 Å². The summed E-state index contributed by atoms with van der Waals surface area (Å²) in [7, 11) is 1.77. The van der Waals surface area contributed by atoms with Crippen LogP contribution < -0.4 is 0 Å². The Morgan fingerprint density at radius 3 is 2.06 bits per heavy atom. The zero-order valence-electron chi connectivity index (χ0n) is 12.7. The molecule has 0 saturated carbocycles. The maximum absolute atomic E-state index is 11.8. The summed E-state index contributed by atoms with van der Waals surface area (Å²) < 4.78 is 0. The Morgan fingerprint density at radius 2 is 1.56 bits per heavy atom. The van der Waals surface area contributed by atoms with E-state index in [0.29, 0.717) is 13.0 Å². The number of hydrogen-bond donors (Lipinski definition) is 1. The molecule has 18 heavy (non-hydrogen) atoms. The van der Waals surface area contributed by atoms with Crippen molar-refractivity contribution in [2.75, 3.05) is 13.6 Å². The Kier molecular flexibility index (Phi) is 9.08. The lowest BCUT2D eigenvalue weighted by Gasteiger charge is -2.25. The monoisotopic (exact) mass is 257 g/mol. The Hall–Kier alpha value is -0.570. The zero-order chi connectivity index (χ0) is 14.0. The van der Waals surface area contributed by atoms with Gasteiger partial charge in [-0.2, -0.15) is 0 Å². The van der Waals surface area contributed by atoms with Gasteiger partial charge in [0, 0.05) is 20.0 Å². The Morgan fingerprint density at radius 1 is 1.06 bits per heavy atom. The smallest absolute Gasteiger partial charge is 0.222 e. The molecule has 0 aliphatic carbocycles. The molecule has 0 bridgehead atoms. The standard InChI is InChI=1S/C15H31NO2/c1-5-6-7-8-9-10-11-12-14(17)16(4)13-15(2,3)18/h18H,5-13H2,1-4H3. The highest BCUT2D eigenvalue weighted by Gasteiger charge is 2.18. The van der Waals surface area contributed by atoms with Crippen LogP contribution in [0, 0.1) is 0 Å². The highest BCUT2D eigenvalue weighted by atomic mass is 16.3. The number of likely N-dealkylation sites (N-methyl/N-ethyl adjacent to an activating group) is 1. The molecule has 0 saturated heterocycles. The highest BCUT2D eigenvalue weighted by molar-refractivity contribution is 5.75. The number of carbonyl (C=O) groups is 1. The number of hydrogen-bond acceptors (Lipinski definition) is 2. The van der Waals surface area contributed by atoms with Crippen LogP contribution in [-0.2, 0) is 4.79 Å². The van der Waals surface area contributed by atoms with Crippen LogP contribution in [0.2, 0.25) is 0 Å². The molecule has 1 N–H and O–H groups in total. The van der Waals surface area contributed by atoms with Gasteiger partial charge in [-0.1, -0.05) is 45.4 Å². The first kappa shape index (κ1) is 17.4. The van der Waals surface area contributed by atoms with Gasteiger partial charge in [0.25, 0.3) is 0 Å². The lowest BCUT2D eigenvalue weighted by atomic mass is 10.1. The van der Waals surface area contributed by atoms with Gasteiger partial charge in [-0.05, 0) is 20.3 Å². The van der Waals surface area contributed by atoms with Crippen LogP contribution in [0.25, 0.3) is 0 Å². The van der Waals surface area contributed by atoms with Crippen molar-refractivity contribution in [3.63, 3.8) is 0 Å². The van der Waals surface area contributed by atoms with Crippen LogP contribution in [-0.4, -0.2) is 35.1 Å². The van der Waals surface area contributed by atoms with Crippen LogP contribution in [0.4, 0.5) is 0 Å². The number of aliphatic hydroxyl groups is 1. The molecule has 0 aromatic heterocycles. The molecule has 0 aliphatic rings. The average Bonchev–Trinajstić information content (AvgIpc) is 2.25. The minimum Gasteiger partial charge on any atom is -0.389 e. The number of amides is 1. The Balaban J connectivity index is 3.52. The van der Waals surface area contributed by atoms with Gasteiger partial charge in [0.05, 0.1) is 5.60 Å². The first-order valence-electron chi connectivity index (χ1n) is 7.33. The second-order valence-electron chi connectivity index (χ2n) is 5.93. The van der Waals surface area contributed by atoms with E-state index in [-0.39, 0.29) is 5.91 Å². The molecule has 3 heteroatoms. The largest absolute Gasteiger partial charge is 0.389 e. The fourth-order valence-electron chi connectivity index (χ4n) is 2.09. The quantitative estimate of drug-likeness (QED) is 0.610. The summed E-state index contributed by atoms with van der Waals surface area (Å²) in [4.78, 5) is 13.4. The van der Waals surface area contributed by atoms with E-state index in [1.807, 2.05) is 0 Å². The van der Waals surface area contributed by atoms with E-state index in [0.717, 1.165) is 12.8 Å². The van der Waals surface area contributed by atoms with E-state index in [2.05, 4.69) is 6.92 Å². The van der Waals surface area contributed by atoms with E-state index < -0.39 is 5.60 Å². The van der Waals surface area contributed by atoms with Crippen molar-refractivity contribution in [3.8, 4) is 0 Å². The van der Waals surface area contributed by atoms with Gasteiger partial charge < -0.3 is 10.0 Å². The van der Waals surface area contributed by atoms with Gasteiger partial charge in [-0.15, -0.1) is 0 Å². The summed E-state index contributed by atoms with van der Waals surface area (Å²) in [5, 5.41) is 9.64. The van der Waals surface area contributed by atoms with Crippen molar-refractivity contribution in [3.05, 3.63) is 0 Å². The van der Waals surface area contributed by atoms with Crippen LogP contribution in [0.5, 0.6) is 0 Å². The molecule has 0 aromatic carbocycles. The molecule has 0 spiro atoms. The van der Waals surface area contributed by atoms with E-state index in [1.54, 1.807) is 25.8 Å². The number of unbranched alkanes of at least 4 members (excludes halogenated alkanes) is 6. The van der Waals surface area contributed by atoms with Gasteiger partial charge in [-0.25, -0.2) is 0 Å². The molecule has 0 unspecified atom stereocenters. The molecule has 0 aromatic rings. The fraction of sp³-hybridized carbons (Fsp3) is 0.933. The maximum atomic E-state index is 11.8. The van der Waals surface area contributed by atoms with Crippen molar-refractivity contribution in [1.29, 1.82) is 0 Å². The first-order valence-corrected chi connectivity index (χ1v) is 7.33. The molecular weight excluding hydrogens is 226 g/mol. The van der Waals surface area contributed by atoms with E-state index in [4.69, 9.17) is 0 Å². The summed E-state index contributed by atoms with van der Waals surface area (Å²) in [6, 6.07) is 0. The average molecular weight is 257 g/mol. The minimum absolute atomic E-state index is 0.144. The molecule has 1 amide bonds. The number of nitrogens with zero attached hydrogens (tertiary/aromatic N) is 1. The topological polar surface area (TPSA) is 40.5 Å². The van der Waals surface area contributed by atoms with E-state index in [1.165, 1.54) is 32.1 Å². The summed E-state index contributed by atoms with van der Waals surface area (Å²) >= 11 is 0. The lowest BCUT2D eigenvalue weighted by Crippen LogP contribution is -2.39. The van der Waals surface area contributed by atoms with Crippen LogP contribution >= 0.6 is 0 Å². The first-order chi connectivity index (χ1) is 8.37. The van der Waals surface area contributed by atoms with Crippen molar-refractivity contribution in [1.82, 2.24) is 4.90 Å². The predicted molar refractivity (Wildman–Crippen MR) is 76.5 cm³/mol. The molecule has 0 fully saturated rings. The third kappa shape index (κ3) is 10.6. The van der Waals surface area contributed by atoms with Crippen molar-refractivity contribution in [2.45, 2.75) is 77.7 Å². The third-order valence-electron chi connectivity index (χ3n) is 3.04. The number of carbonyl (C=O) groups excluding carboxylic acids is 1. The second-order valence-corrected chi connectivity index (χ2v) is 5.93. The molecule has 0 aliphatic heterocycles.